The summed E-state index contributed by atoms with van der Waals surface area (Å²) >= 11 is 0. The lowest BCUT2D eigenvalue weighted by Gasteiger charge is -2.24. The minimum absolute atomic E-state index is 0.729. The number of nitrogen functional groups attached to an aromatic ring is 1. The van der Waals surface area contributed by atoms with Gasteiger partial charge >= 0.3 is 0 Å². The lowest BCUT2D eigenvalue weighted by Crippen LogP contribution is -2.27. The summed E-state index contributed by atoms with van der Waals surface area (Å²) in [7, 11) is 0. The molecule has 1 rings (SSSR count). The number of nitrogens with zero attached hydrogens (tertiary/aromatic N) is 3. The Morgan fingerprint density at radius 1 is 1.29 bits per heavy atom. The fraction of sp³-hybridized carbons (Fsp3) is 0.667. The first-order valence-electron chi connectivity index (χ1n) is 6.33. The number of hydrazine groups is 1. The molecule has 0 aliphatic carbocycles. The molecule has 17 heavy (non-hydrogen) atoms. The molecule has 0 spiro atoms. The number of hydrogen-bond acceptors (Lipinski definition) is 5. The summed E-state index contributed by atoms with van der Waals surface area (Å²) in [5, 5.41) is 0. The molecule has 0 aliphatic heterocycles. The molecule has 1 aromatic heterocycles. The van der Waals surface area contributed by atoms with Crippen molar-refractivity contribution in [3.8, 4) is 0 Å². The van der Waals surface area contributed by atoms with E-state index < -0.39 is 0 Å². The van der Waals surface area contributed by atoms with Crippen molar-refractivity contribution in [3.05, 3.63) is 11.9 Å². The van der Waals surface area contributed by atoms with E-state index in [2.05, 4.69) is 41.1 Å². The van der Waals surface area contributed by atoms with Gasteiger partial charge in [0.05, 0.1) is 0 Å². The molecule has 5 nitrogen and oxygen atoms in total. The first kappa shape index (κ1) is 13.7. The summed E-state index contributed by atoms with van der Waals surface area (Å²) in [6, 6.07) is 0. The minimum Gasteiger partial charge on any atom is -0.357 e. The number of rotatable bonds is 7. The lowest BCUT2D eigenvalue weighted by molar-refractivity contribution is 0.718. The maximum Gasteiger partial charge on any atom is 0.148 e. The molecule has 0 saturated heterocycles. The van der Waals surface area contributed by atoms with E-state index in [1.54, 1.807) is 6.33 Å². The third kappa shape index (κ3) is 3.30. The minimum atomic E-state index is 0.729. The Hall–Kier alpha value is -1.36. The smallest absolute Gasteiger partial charge is 0.148 e. The van der Waals surface area contributed by atoms with Crippen molar-refractivity contribution < 1.29 is 0 Å². The molecule has 1 aromatic rings. The quantitative estimate of drug-likeness (QED) is 0.560. The molecule has 5 heteroatoms. The molecule has 0 aliphatic rings. The van der Waals surface area contributed by atoms with Gasteiger partial charge in [-0.25, -0.2) is 15.8 Å². The van der Waals surface area contributed by atoms with Crippen LogP contribution in [-0.4, -0.2) is 23.1 Å². The molecule has 0 unspecified atom stereocenters. The van der Waals surface area contributed by atoms with Crippen LogP contribution in [0.1, 0.15) is 39.2 Å². The van der Waals surface area contributed by atoms with Crippen LogP contribution >= 0.6 is 0 Å². The van der Waals surface area contributed by atoms with Crippen molar-refractivity contribution in [2.45, 2.75) is 40.0 Å². The monoisotopic (exact) mass is 237 g/mol. The SMILES string of the molecule is CCCCN(CC)c1ncnc(NN)c1CC. The van der Waals surface area contributed by atoms with Crippen LogP contribution in [0, 0.1) is 0 Å². The van der Waals surface area contributed by atoms with Crippen LogP contribution in [0.4, 0.5) is 11.6 Å². The van der Waals surface area contributed by atoms with Gasteiger partial charge in [-0.3, -0.25) is 0 Å². The first-order valence-corrected chi connectivity index (χ1v) is 6.33. The van der Waals surface area contributed by atoms with Crippen LogP contribution in [0.5, 0.6) is 0 Å². The van der Waals surface area contributed by atoms with Crippen molar-refractivity contribution >= 4 is 11.6 Å². The Morgan fingerprint density at radius 2 is 2.06 bits per heavy atom. The van der Waals surface area contributed by atoms with Crippen molar-refractivity contribution in [2.24, 2.45) is 5.84 Å². The second-order valence-electron chi connectivity index (χ2n) is 3.96. The molecule has 1 heterocycles. The van der Waals surface area contributed by atoms with E-state index in [1.807, 2.05) is 0 Å². The maximum absolute atomic E-state index is 5.48. The third-order valence-electron chi connectivity index (χ3n) is 2.88. The van der Waals surface area contributed by atoms with Gasteiger partial charge in [-0.1, -0.05) is 20.3 Å². The van der Waals surface area contributed by atoms with E-state index in [9.17, 15) is 0 Å². The summed E-state index contributed by atoms with van der Waals surface area (Å²) < 4.78 is 0. The van der Waals surface area contributed by atoms with Crippen LogP contribution in [-0.2, 0) is 6.42 Å². The zero-order valence-corrected chi connectivity index (χ0v) is 11.0. The molecule has 0 saturated carbocycles. The van der Waals surface area contributed by atoms with Crippen LogP contribution in [0.2, 0.25) is 0 Å². The van der Waals surface area contributed by atoms with Crippen molar-refractivity contribution in [1.29, 1.82) is 0 Å². The molecule has 0 fully saturated rings. The van der Waals surface area contributed by atoms with Gasteiger partial charge < -0.3 is 10.3 Å². The highest BCUT2D eigenvalue weighted by molar-refractivity contribution is 5.58. The Bertz CT molecular complexity index is 340. The fourth-order valence-corrected chi connectivity index (χ4v) is 1.89. The molecule has 0 aromatic carbocycles. The number of aromatic nitrogens is 2. The Balaban J connectivity index is 3.00. The Morgan fingerprint density at radius 3 is 2.59 bits per heavy atom. The van der Waals surface area contributed by atoms with Gasteiger partial charge in [0.25, 0.3) is 0 Å². The standard InChI is InChI=1S/C12H23N5/c1-4-7-8-17(6-3)12-10(5-2)11(16-13)14-9-15-12/h9H,4-8,13H2,1-3H3,(H,14,15,16). The predicted molar refractivity (Wildman–Crippen MR) is 72.0 cm³/mol. The van der Waals surface area contributed by atoms with Crippen molar-refractivity contribution in [3.63, 3.8) is 0 Å². The van der Waals surface area contributed by atoms with Crippen LogP contribution in [0.25, 0.3) is 0 Å². The van der Waals surface area contributed by atoms with Gasteiger partial charge in [-0.2, -0.15) is 0 Å². The van der Waals surface area contributed by atoms with Crippen LogP contribution in [0.15, 0.2) is 6.33 Å². The highest BCUT2D eigenvalue weighted by Gasteiger charge is 2.13. The third-order valence-corrected chi connectivity index (χ3v) is 2.88. The van der Waals surface area contributed by atoms with Gasteiger partial charge in [0.15, 0.2) is 0 Å². The maximum atomic E-state index is 5.48. The van der Waals surface area contributed by atoms with E-state index in [4.69, 9.17) is 5.84 Å². The van der Waals surface area contributed by atoms with Gasteiger partial charge in [0.1, 0.15) is 18.0 Å². The van der Waals surface area contributed by atoms with Gasteiger partial charge in [0.2, 0.25) is 0 Å². The zero-order valence-electron chi connectivity index (χ0n) is 11.0. The Kier molecular flexibility index (Phi) is 5.69. The summed E-state index contributed by atoms with van der Waals surface area (Å²) in [4.78, 5) is 10.8. The van der Waals surface area contributed by atoms with E-state index in [0.29, 0.717) is 0 Å². The highest BCUT2D eigenvalue weighted by Crippen LogP contribution is 2.23. The first-order chi connectivity index (χ1) is 8.28. The normalized spacial score (nSPS) is 10.4. The molecule has 0 atom stereocenters. The number of nitrogens with one attached hydrogen (secondary N) is 1. The largest absolute Gasteiger partial charge is 0.357 e. The zero-order chi connectivity index (χ0) is 12.7. The summed E-state index contributed by atoms with van der Waals surface area (Å²) in [6.45, 7) is 8.42. The van der Waals surface area contributed by atoms with Crippen molar-refractivity contribution in [2.75, 3.05) is 23.4 Å². The van der Waals surface area contributed by atoms with Crippen LogP contribution < -0.4 is 16.2 Å². The molecule has 0 bridgehead atoms. The average molecular weight is 237 g/mol. The number of anilines is 2. The number of unbranched alkanes of at least 4 members (excludes halogenated alkanes) is 1. The average Bonchev–Trinajstić information content (AvgIpc) is 2.39. The number of hydrogen-bond donors (Lipinski definition) is 2. The van der Waals surface area contributed by atoms with Gasteiger partial charge in [0, 0.05) is 18.7 Å². The molecule has 3 N–H and O–H groups in total. The molecule has 0 amide bonds. The summed E-state index contributed by atoms with van der Waals surface area (Å²) in [5.41, 5.74) is 3.73. The van der Waals surface area contributed by atoms with E-state index in [-0.39, 0.29) is 0 Å². The second-order valence-corrected chi connectivity index (χ2v) is 3.96. The summed E-state index contributed by atoms with van der Waals surface area (Å²) in [5.74, 6) is 7.21. The number of nitrogens with two attached hydrogens (primary N) is 1. The van der Waals surface area contributed by atoms with Crippen LogP contribution in [0.3, 0.4) is 0 Å². The van der Waals surface area contributed by atoms with Crippen molar-refractivity contribution in [1.82, 2.24) is 9.97 Å². The highest BCUT2D eigenvalue weighted by atomic mass is 15.3. The molecule has 96 valence electrons. The van der Waals surface area contributed by atoms with Gasteiger partial charge in [-0.15, -0.1) is 0 Å². The predicted octanol–water partition coefficient (Wildman–Crippen LogP) is 1.95. The van der Waals surface area contributed by atoms with Gasteiger partial charge in [-0.05, 0) is 19.8 Å². The molecular formula is C12H23N5. The summed E-state index contributed by atoms with van der Waals surface area (Å²) in [6.07, 6.45) is 4.80. The van der Waals surface area contributed by atoms with E-state index >= 15 is 0 Å². The molecular weight excluding hydrogens is 214 g/mol. The Labute approximate surface area is 103 Å². The fourth-order valence-electron chi connectivity index (χ4n) is 1.89. The topological polar surface area (TPSA) is 67.1 Å². The second kappa shape index (κ2) is 7.06. The molecule has 0 radical (unpaired) electrons. The lowest BCUT2D eigenvalue weighted by atomic mass is 10.2. The van der Waals surface area contributed by atoms with E-state index in [0.717, 1.165) is 36.7 Å². The van der Waals surface area contributed by atoms with E-state index in [1.165, 1.54) is 12.8 Å².